The van der Waals surface area contributed by atoms with E-state index in [0.29, 0.717) is 35.5 Å². The molecular formula is C22H25N7O. The Kier molecular flexibility index (Phi) is 5.27. The zero-order valence-electron chi connectivity index (χ0n) is 17.4. The third-order valence-corrected chi connectivity index (χ3v) is 5.52. The molecule has 30 heavy (non-hydrogen) atoms. The van der Waals surface area contributed by atoms with E-state index >= 15 is 0 Å². The smallest absolute Gasteiger partial charge is 0.222 e. The predicted molar refractivity (Wildman–Crippen MR) is 117 cm³/mol. The number of carbonyl (C=O) groups is 1. The van der Waals surface area contributed by atoms with Crippen LogP contribution in [0.1, 0.15) is 42.6 Å². The predicted octanol–water partition coefficient (Wildman–Crippen LogP) is 2.34. The summed E-state index contributed by atoms with van der Waals surface area (Å²) in [6.07, 6.45) is 2.77. The maximum Gasteiger partial charge on any atom is 0.222 e. The van der Waals surface area contributed by atoms with Gasteiger partial charge in [0.15, 0.2) is 5.65 Å². The molecule has 8 heteroatoms. The first-order valence-corrected chi connectivity index (χ1v) is 10.1. The molecule has 0 saturated carbocycles. The zero-order chi connectivity index (χ0) is 21.3. The monoisotopic (exact) mass is 403 g/mol. The average Bonchev–Trinajstić information content (AvgIpc) is 3.38. The number of amides is 1. The Morgan fingerprint density at radius 2 is 2.17 bits per heavy atom. The SMILES string of the molecule is CCC(=O)N1CC[C@@H](n2nc(C#Cc3cc(NC)ccc3C)c3c(N)ncnc32)C1. The van der Waals surface area contributed by atoms with Crippen molar-refractivity contribution in [3.63, 3.8) is 0 Å². The van der Waals surface area contributed by atoms with Gasteiger partial charge in [-0.05, 0) is 37.0 Å². The highest BCUT2D eigenvalue weighted by Crippen LogP contribution is 2.28. The quantitative estimate of drug-likeness (QED) is 0.651. The van der Waals surface area contributed by atoms with E-state index in [2.05, 4.69) is 27.1 Å². The maximum atomic E-state index is 12.1. The van der Waals surface area contributed by atoms with Gasteiger partial charge in [0.1, 0.15) is 17.8 Å². The number of nitrogens with two attached hydrogens (primary N) is 1. The van der Waals surface area contributed by atoms with Crippen molar-refractivity contribution >= 4 is 28.4 Å². The van der Waals surface area contributed by atoms with E-state index < -0.39 is 0 Å². The lowest BCUT2D eigenvalue weighted by atomic mass is 10.1. The van der Waals surface area contributed by atoms with Crippen LogP contribution in [0.15, 0.2) is 24.5 Å². The van der Waals surface area contributed by atoms with Crippen molar-refractivity contribution in [2.75, 3.05) is 31.2 Å². The number of fused-ring (bicyclic) bond motifs is 1. The van der Waals surface area contributed by atoms with Gasteiger partial charge in [-0.25, -0.2) is 14.6 Å². The summed E-state index contributed by atoms with van der Waals surface area (Å²) in [4.78, 5) is 22.5. The van der Waals surface area contributed by atoms with Gasteiger partial charge in [0.25, 0.3) is 0 Å². The van der Waals surface area contributed by atoms with Crippen molar-refractivity contribution in [3.8, 4) is 11.8 Å². The summed E-state index contributed by atoms with van der Waals surface area (Å²) in [5.74, 6) is 6.91. The molecular weight excluding hydrogens is 378 g/mol. The molecule has 3 N–H and O–H groups in total. The number of rotatable bonds is 3. The van der Waals surface area contributed by atoms with E-state index in [1.54, 1.807) is 0 Å². The van der Waals surface area contributed by atoms with Crippen LogP contribution < -0.4 is 11.1 Å². The molecule has 4 rings (SSSR count). The van der Waals surface area contributed by atoms with Gasteiger partial charge < -0.3 is 16.0 Å². The molecule has 0 radical (unpaired) electrons. The first kappa shape index (κ1) is 19.7. The van der Waals surface area contributed by atoms with Crippen molar-refractivity contribution in [3.05, 3.63) is 41.3 Å². The molecule has 1 amide bonds. The van der Waals surface area contributed by atoms with Crippen LogP contribution in [0, 0.1) is 18.8 Å². The molecule has 0 aliphatic carbocycles. The van der Waals surface area contributed by atoms with Gasteiger partial charge in [-0.3, -0.25) is 4.79 Å². The minimum absolute atomic E-state index is 0.0437. The minimum atomic E-state index is 0.0437. The van der Waals surface area contributed by atoms with E-state index in [0.717, 1.165) is 29.8 Å². The van der Waals surface area contributed by atoms with Gasteiger partial charge >= 0.3 is 0 Å². The number of nitrogens with one attached hydrogen (secondary N) is 1. The second-order valence-corrected chi connectivity index (χ2v) is 7.42. The highest BCUT2D eigenvalue weighted by Gasteiger charge is 2.29. The lowest BCUT2D eigenvalue weighted by molar-refractivity contribution is -0.129. The van der Waals surface area contributed by atoms with Gasteiger partial charge in [0, 0.05) is 37.8 Å². The fraction of sp³-hybridized carbons (Fsp3) is 0.364. The molecule has 0 unspecified atom stereocenters. The van der Waals surface area contributed by atoms with Gasteiger partial charge in [-0.1, -0.05) is 18.9 Å². The third-order valence-electron chi connectivity index (χ3n) is 5.52. The van der Waals surface area contributed by atoms with Crippen molar-refractivity contribution in [2.45, 2.75) is 32.7 Å². The first-order chi connectivity index (χ1) is 14.5. The molecule has 3 heterocycles. The van der Waals surface area contributed by atoms with Gasteiger partial charge in [-0.2, -0.15) is 5.10 Å². The number of aryl methyl sites for hydroxylation is 1. The Bertz CT molecular complexity index is 1170. The number of benzene rings is 1. The van der Waals surface area contributed by atoms with Crippen LogP contribution in [-0.2, 0) is 4.79 Å². The van der Waals surface area contributed by atoms with Crippen molar-refractivity contribution < 1.29 is 4.79 Å². The van der Waals surface area contributed by atoms with Gasteiger partial charge in [-0.15, -0.1) is 0 Å². The summed E-state index contributed by atoms with van der Waals surface area (Å²) in [6.45, 7) is 5.24. The molecule has 154 valence electrons. The molecule has 3 aromatic rings. The van der Waals surface area contributed by atoms with Crippen molar-refractivity contribution in [2.24, 2.45) is 0 Å². The van der Waals surface area contributed by atoms with Crippen LogP contribution in [0.4, 0.5) is 11.5 Å². The number of hydrogen-bond donors (Lipinski definition) is 2. The van der Waals surface area contributed by atoms with Crippen LogP contribution in [0.2, 0.25) is 0 Å². The molecule has 1 fully saturated rings. The third kappa shape index (κ3) is 3.54. The first-order valence-electron chi connectivity index (χ1n) is 10.1. The van der Waals surface area contributed by atoms with Gasteiger partial charge in [0.05, 0.1) is 11.4 Å². The van der Waals surface area contributed by atoms with Crippen LogP contribution in [0.25, 0.3) is 11.0 Å². The summed E-state index contributed by atoms with van der Waals surface area (Å²) in [5.41, 5.74) is 10.4. The van der Waals surface area contributed by atoms with E-state index in [9.17, 15) is 4.79 Å². The van der Waals surface area contributed by atoms with E-state index in [-0.39, 0.29) is 11.9 Å². The molecule has 8 nitrogen and oxygen atoms in total. The Morgan fingerprint density at radius 1 is 1.33 bits per heavy atom. The number of nitrogens with zero attached hydrogens (tertiary/aromatic N) is 5. The molecule has 0 spiro atoms. The Labute approximate surface area is 175 Å². The number of anilines is 2. The molecule has 0 bridgehead atoms. The van der Waals surface area contributed by atoms with Crippen LogP contribution in [0.3, 0.4) is 0 Å². The Balaban J connectivity index is 1.75. The standard InChI is InChI=1S/C22H25N7O/c1-4-19(30)28-10-9-17(12-28)29-22-20(21(23)25-13-26-22)18(27-29)8-6-15-11-16(24-3)7-5-14(15)2/h5,7,11,13,17,24H,4,9-10,12H2,1-3H3,(H2,23,25,26)/t17-/m1/s1. The number of hydrogen-bond acceptors (Lipinski definition) is 6. The largest absolute Gasteiger partial charge is 0.388 e. The summed E-state index contributed by atoms with van der Waals surface area (Å²) in [7, 11) is 1.88. The normalized spacial score (nSPS) is 15.8. The molecule has 1 aromatic carbocycles. The maximum absolute atomic E-state index is 12.1. The molecule has 1 aliphatic heterocycles. The van der Waals surface area contributed by atoms with Crippen LogP contribution in [0.5, 0.6) is 0 Å². The highest BCUT2D eigenvalue weighted by molar-refractivity contribution is 5.90. The Hall–Kier alpha value is -3.60. The van der Waals surface area contributed by atoms with E-state index in [4.69, 9.17) is 10.8 Å². The highest BCUT2D eigenvalue weighted by atomic mass is 16.2. The lowest BCUT2D eigenvalue weighted by Gasteiger charge is -2.15. The summed E-state index contributed by atoms with van der Waals surface area (Å²) in [5, 5.41) is 8.54. The molecule has 1 saturated heterocycles. The van der Waals surface area contributed by atoms with Crippen LogP contribution in [-0.4, -0.2) is 50.7 Å². The summed E-state index contributed by atoms with van der Waals surface area (Å²) >= 11 is 0. The fourth-order valence-corrected chi connectivity index (χ4v) is 3.77. The van der Waals surface area contributed by atoms with Gasteiger partial charge in [0.2, 0.25) is 5.91 Å². The molecule has 2 aromatic heterocycles. The fourth-order valence-electron chi connectivity index (χ4n) is 3.77. The Morgan fingerprint density at radius 3 is 2.93 bits per heavy atom. The minimum Gasteiger partial charge on any atom is -0.388 e. The lowest BCUT2D eigenvalue weighted by Crippen LogP contribution is -2.28. The number of aromatic nitrogens is 4. The topological polar surface area (TPSA) is 102 Å². The van der Waals surface area contributed by atoms with Crippen molar-refractivity contribution in [1.82, 2.24) is 24.6 Å². The number of nitrogen functional groups attached to an aromatic ring is 1. The van der Waals surface area contributed by atoms with Crippen LogP contribution >= 0.6 is 0 Å². The molecule has 1 aliphatic rings. The zero-order valence-corrected chi connectivity index (χ0v) is 17.4. The van der Waals surface area contributed by atoms with E-state index in [1.807, 2.05) is 48.7 Å². The second kappa shape index (κ2) is 8.03. The second-order valence-electron chi connectivity index (χ2n) is 7.42. The van der Waals surface area contributed by atoms with Crippen molar-refractivity contribution in [1.29, 1.82) is 0 Å². The summed E-state index contributed by atoms with van der Waals surface area (Å²) in [6, 6.07) is 6.09. The summed E-state index contributed by atoms with van der Waals surface area (Å²) < 4.78 is 1.86. The van der Waals surface area contributed by atoms with E-state index in [1.165, 1.54) is 6.33 Å². The number of likely N-dealkylation sites (tertiary alicyclic amines) is 1. The molecule has 1 atom stereocenters. The number of carbonyl (C=O) groups excluding carboxylic acids is 1. The average molecular weight is 403 g/mol.